The molecule has 0 atom stereocenters. The van der Waals surface area contributed by atoms with Gasteiger partial charge in [0.25, 0.3) is 0 Å². The van der Waals surface area contributed by atoms with E-state index in [1.54, 1.807) is 6.07 Å². The molecule has 0 fully saturated rings. The molecule has 2 nitrogen and oxygen atoms in total. The molecule has 0 amide bonds. The van der Waals surface area contributed by atoms with Crippen molar-refractivity contribution in [3.8, 4) is 6.07 Å². The zero-order valence-corrected chi connectivity index (χ0v) is 11.7. The zero-order valence-electron chi connectivity index (χ0n) is 11.7. The number of benzene rings is 1. The molecule has 1 rings (SSSR count). The lowest BCUT2D eigenvalue weighted by Gasteiger charge is -2.20. The van der Waals surface area contributed by atoms with Crippen molar-refractivity contribution in [3.05, 3.63) is 29.3 Å². The summed E-state index contributed by atoms with van der Waals surface area (Å²) in [5.41, 5.74) is -0.800. The molecule has 1 N–H and O–H groups in total. The summed E-state index contributed by atoms with van der Waals surface area (Å²) in [6, 6.07) is 5.53. The fourth-order valence-electron chi connectivity index (χ4n) is 2.19. The summed E-state index contributed by atoms with van der Waals surface area (Å²) in [6.45, 7) is 4.09. The molecule has 0 saturated heterocycles. The molecule has 0 unspecified atom stereocenters. The smallest absolute Gasteiger partial charge is 0.382 e. The Balaban J connectivity index is 3.00. The Bertz CT molecular complexity index is 469. The van der Waals surface area contributed by atoms with Crippen molar-refractivity contribution < 1.29 is 13.2 Å². The number of hydrogen-bond donors (Lipinski definition) is 1. The van der Waals surface area contributed by atoms with E-state index in [-0.39, 0.29) is 11.6 Å². The van der Waals surface area contributed by atoms with Crippen LogP contribution in [-0.4, -0.2) is 6.04 Å². The minimum absolute atomic E-state index is 0.166. The molecule has 1 aromatic carbocycles. The Morgan fingerprint density at radius 1 is 1.20 bits per heavy atom. The third-order valence-electron chi connectivity index (χ3n) is 3.09. The van der Waals surface area contributed by atoms with Crippen LogP contribution >= 0.6 is 0 Å². The summed E-state index contributed by atoms with van der Waals surface area (Å²) in [6.07, 6.45) is -0.738. The lowest BCUT2D eigenvalue weighted by molar-refractivity contribution is -0.137. The van der Waals surface area contributed by atoms with Crippen LogP contribution in [0, 0.1) is 11.3 Å². The molecule has 0 saturated carbocycles. The average Bonchev–Trinajstić information content (AvgIpc) is 2.38. The van der Waals surface area contributed by atoms with E-state index >= 15 is 0 Å². The van der Waals surface area contributed by atoms with Crippen molar-refractivity contribution in [1.29, 1.82) is 5.26 Å². The highest BCUT2D eigenvalue weighted by atomic mass is 19.4. The summed E-state index contributed by atoms with van der Waals surface area (Å²) >= 11 is 0. The highest BCUT2D eigenvalue weighted by molar-refractivity contribution is 5.53. The third-order valence-corrected chi connectivity index (χ3v) is 3.09. The average molecular weight is 284 g/mol. The van der Waals surface area contributed by atoms with E-state index in [0.717, 1.165) is 31.7 Å². The maximum Gasteiger partial charge on any atom is 0.417 e. The van der Waals surface area contributed by atoms with Gasteiger partial charge in [-0.15, -0.1) is 0 Å². The number of nitrogens with one attached hydrogen (secondary N) is 1. The molecule has 0 aliphatic rings. The molecule has 110 valence electrons. The normalized spacial score (nSPS) is 11.4. The van der Waals surface area contributed by atoms with E-state index in [0.29, 0.717) is 5.69 Å². The van der Waals surface area contributed by atoms with E-state index in [4.69, 9.17) is 5.26 Å². The largest absolute Gasteiger partial charge is 0.417 e. The molecular formula is C15H19F3N2. The Labute approximate surface area is 117 Å². The van der Waals surface area contributed by atoms with Gasteiger partial charge < -0.3 is 5.32 Å². The minimum Gasteiger partial charge on any atom is -0.382 e. The van der Waals surface area contributed by atoms with Gasteiger partial charge in [-0.3, -0.25) is 0 Å². The Morgan fingerprint density at radius 3 is 2.25 bits per heavy atom. The van der Waals surface area contributed by atoms with E-state index < -0.39 is 11.7 Å². The highest BCUT2D eigenvalue weighted by Gasteiger charge is 2.33. The number of rotatable bonds is 6. The topological polar surface area (TPSA) is 35.8 Å². The van der Waals surface area contributed by atoms with Crippen LogP contribution in [0.15, 0.2) is 18.2 Å². The summed E-state index contributed by atoms with van der Waals surface area (Å²) < 4.78 is 38.6. The Kier molecular flexibility index (Phi) is 5.87. The van der Waals surface area contributed by atoms with Crippen molar-refractivity contribution >= 4 is 5.69 Å². The Morgan fingerprint density at radius 2 is 1.80 bits per heavy atom. The minimum atomic E-state index is -4.51. The fourth-order valence-corrected chi connectivity index (χ4v) is 2.19. The molecule has 0 aliphatic carbocycles. The van der Waals surface area contributed by atoms with E-state index in [2.05, 4.69) is 5.32 Å². The van der Waals surface area contributed by atoms with Gasteiger partial charge in [0.15, 0.2) is 0 Å². The van der Waals surface area contributed by atoms with Gasteiger partial charge in [-0.25, -0.2) is 0 Å². The van der Waals surface area contributed by atoms with Crippen LogP contribution in [0.4, 0.5) is 18.9 Å². The maximum absolute atomic E-state index is 12.9. The van der Waals surface area contributed by atoms with E-state index in [1.165, 1.54) is 12.1 Å². The second-order valence-corrected chi connectivity index (χ2v) is 4.79. The van der Waals surface area contributed by atoms with Gasteiger partial charge in [0.2, 0.25) is 0 Å². The predicted molar refractivity (Wildman–Crippen MR) is 73.4 cm³/mol. The lowest BCUT2D eigenvalue weighted by Crippen LogP contribution is -2.19. The first-order valence-electron chi connectivity index (χ1n) is 6.80. The number of nitrogens with zero attached hydrogens (tertiary/aromatic N) is 1. The van der Waals surface area contributed by atoms with Crippen molar-refractivity contribution in [2.75, 3.05) is 5.32 Å². The van der Waals surface area contributed by atoms with Crippen LogP contribution in [0.25, 0.3) is 0 Å². The van der Waals surface area contributed by atoms with Gasteiger partial charge in [-0.2, -0.15) is 18.4 Å². The molecule has 0 radical (unpaired) electrons. The van der Waals surface area contributed by atoms with Crippen LogP contribution in [0.2, 0.25) is 0 Å². The van der Waals surface area contributed by atoms with Crippen LogP contribution in [0.3, 0.4) is 0 Å². The van der Waals surface area contributed by atoms with Crippen LogP contribution < -0.4 is 5.32 Å². The van der Waals surface area contributed by atoms with E-state index in [1.807, 2.05) is 13.8 Å². The molecule has 0 spiro atoms. The molecule has 0 heterocycles. The second-order valence-electron chi connectivity index (χ2n) is 4.79. The first-order valence-corrected chi connectivity index (χ1v) is 6.80. The number of alkyl halides is 3. The predicted octanol–water partition coefficient (Wildman–Crippen LogP) is 4.96. The maximum atomic E-state index is 12.9. The molecule has 0 aliphatic heterocycles. The van der Waals surface area contributed by atoms with E-state index in [9.17, 15) is 13.2 Å². The second kappa shape index (κ2) is 7.18. The number of anilines is 1. The summed E-state index contributed by atoms with van der Waals surface area (Å²) in [7, 11) is 0. The van der Waals surface area contributed by atoms with Crippen LogP contribution in [-0.2, 0) is 6.18 Å². The van der Waals surface area contributed by atoms with Crippen molar-refractivity contribution in [2.45, 2.75) is 51.7 Å². The van der Waals surface area contributed by atoms with Gasteiger partial charge in [0.05, 0.1) is 17.2 Å². The standard InChI is InChI=1S/C15H19F3N2/c1-3-5-12(6-4-2)20-13-8-7-11(10-19)14(9-13)15(16,17)18/h7-9,12,20H,3-6H2,1-2H3. The lowest BCUT2D eigenvalue weighted by atomic mass is 10.0. The first-order chi connectivity index (χ1) is 9.42. The van der Waals surface area contributed by atoms with Gasteiger partial charge >= 0.3 is 6.18 Å². The summed E-state index contributed by atoms with van der Waals surface area (Å²) in [5.74, 6) is 0. The van der Waals surface area contributed by atoms with Gasteiger partial charge in [0.1, 0.15) is 0 Å². The fraction of sp³-hybridized carbons (Fsp3) is 0.533. The molecule has 5 heteroatoms. The molecule has 0 aromatic heterocycles. The molecule has 0 bridgehead atoms. The van der Waals surface area contributed by atoms with Crippen molar-refractivity contribution in [2.24, 2.45) is 0 Å². The van der Waals surface area contributed by atoms with Gasteiger partial charge in [-0.05, 0) is 31.0 Å². The summed E-state index contributed by atoms with van der Waals surface area (Å²) in [4.78, 5) is 0. The SMILES string of the molecule is CCCC(CCC)Nc1ccc(C#N)c(C(F)(F)F)c1. The monoisotopic (exact) mass is 284 g/mol. The molecular weight excluding hydrogens is 265 g/mol. The Hall–Kier alpha value is -1.70. The summed E-state index contributed by atoms with van der Waals surface area (Å²) in [5, 5.41) is 11.9. The number of halogens is 3. The van der Waals surface area contributed by atoms with Gasteiger partial charge in [0, 0.05) is 11.7 Å². The quantitative estimate of drug-likeness (QED) is 0.801. The number of hydrogen-bond acceptors (Lipinski definition) is 2. The van der Waals surface area contributed by atoms with Crippen molar-refractivity contribution in [3.63, 3.8) is 0 Å². The zero-order chi connectivity index (χ0) is 15.2. The number of nitriles is 1. The van der Waals surface area contributed by atoms with Crippen LogP contribution in [0.5, 0.6) is 0 Å². The first kappa shape index (κ1) is 16.4. The van der Waals surface area contributed by atoms with Gasteiger partial charge in [-0.1, -0.05) is 26.7 Å². The third kappa shape index (κ3) is 4.44. The molecule has 1 aromatic rings. The van der Waals surface area contributed by atoms with Crippen molar-refractivity contribution in [1.82, 2.24) is 0 Å². The van der Waals surface area contributed by atoms with Crippen LogP contribution in [0.1, 0.15) is 50.7 Å². The molecule has 20 heavy (non-hydrogen) atoms. The highest BCUT2D eigenvalue weighted by Crippen LogP contribution is 2.33.